The molecule has 1 aromatic rings. The Hall–Kier alpha value is -1.51. The fraction of sp³-hybridized carbons (Fsp3) is 0.417. The van der Waals surface area contributed by atoms with E-state index in [1.807, 2.05) is 6.92 Å². The van der Waals surface area contributed by atoms with Gasteiger partial charge in [0, 0.05) is 12.8 Å². The minimum absolute atomic E-state index is 0.128. The van der Waals surface area contributed by atoms with Crippen LogP contribution in [0.2, 0.25) is 0 Å². The number of hydrogen-bond donors (Lipinski definition) is 1. The number of aryl methyl sites for hydroxylation is 1. The monoisotopic (exact) mass is 208 g/mol. The number of ether oxygens (including phenoxy) is 1. The minimum Gasteiger partial charge on any atom is -0.504 e. The first-order chi connectivity index (χ1) is 7.17. The van der Waals surface area contributed by atoms with Gasteiger partial charge in [-0.25, -0.2) is 0 Å². The van der Waals surface area contributed by atoms with Crippen LogP contribution in [-0.4, -0.2) is 18.0 Å². The van der Waals surface area contributed by atoms with Crippen LogP contribution in [0.15, 0.2) is 18.2 Å². The van der Waals surface area contributed by atoms with Crippen LogP contribution in [0, 0.1) is 0 Å². The molecule has 0 spiro atoms. The van der Waals surface area contributed by atoms with Gasteiger partial charge in [-0.15, -0.1) is 0 Å². The van der Waals surface area contributed by atoms with Crippen molar-refractivity contribution >= 4 is 5.78 Å². The number of hydrogen-bond acceptors (Lipinski definition) is 3. The average Bonchev–Trinajstić information content (AvgIpc) is 2.27. The summed E-state index contributed by atoms with van der Waals surface area (Å²) >= 11 is 0. The summed E-state index contributed by atoms with van der Waals surface area (Å²) in [6, 6.07) is 5.16. The first-order valence-electron chi connectivity index (χ1n) is 5.05. The third kappa shape index (κ3) is 3.27. The fourth-order valence-electron chi connectivity index (χ4n) is 1.34. The highest BCUT2D eigenvalue weighted by molar-refractivity contribution is 5.78. The van der Waals surface area contributed by atoms with Crippen LogP contribution in [0.5, 0.6) is 11.5 Å². The lowest BCUT2D eigenvalue weighted by molar-refractivity contribution is -0.118. The van der Waals surface area contributed by atoms with E-state index in [-0.39, 0.29) is 11.5 Å². The second-order valence-electron chi connectivity index (χ2n) is 3.40. The summed E-state index contributed by atoms with van der Waals surface area (Å²) in [5, 5.41) is 9.37. The summed E-state index contributed by atoms with van der Waals surface area (Å²) in [5.41, 5.74) is 1.01. The summed E-state index contributed by atoms with van der Waals surface area (Å²) in [6.45, 7) is 1.86. The van der Waals surface area contributed by atoms with Crippen molar-refractivity contribution in [2.24, 2.45) is 0 Å². The van der Waals surface area contributed by atoms with Gasteiger partial charge in [0.05, 0.1) is 7.11 Å². The highest BCUT2D eigenvalue weighted by Crippen LogP contribution is 2.26. The molecule has 1 aromatic carbocycles. The van der Waals surface area contributed by atoms with Gasteiger partial charge in [0.1, 0.15) is 5.78 Å². The Morgan fingerprint density at radius 3 is 2.80 bits per heavy atom. The van der Waals surface area contributed by atoms with Gasteiger partial charge in [0.2, 0.25) is 0 Å². The maximum atomic E-state index is 11.1. The van der Waals surface area contributed by atoms with E-state index in [2.05, 4.69) is 0 Å². The van der Waals surface area contributed by atoms with Crippen LogP contribution in [-0.2, 0) is 11.2 Å². The molecule has 1 rings (SSSR count). The van der Waals surface area contributed by atoms with Crippen molar-refractivity contribution in [1.82, 2.24) is 0 Å². The van der Waals surface area contributed by atoms with Crippen molar-refractivity contribution in [3.05, 3.63) is 23.8 Å². The first-order valence-corrected chi connectivity index (χ1v) is 5.05. The molecule has 0 radical (unpaired) electrons. The molecule has 0 bridgehead atoms. The van der Waals surface area contributed by atoms with Gasteiger partial charge in [-0.05, 0) is 24.1 Å². The lowest BCUT2D eigenvalue weighted by atomic mass is 10.1. The smallest absolute Gasteiger partial charge is 0.160 e. The standard InChI is InChI=1S/C12H16O3/c1-3-10(13)6-4-9-5-7-11(14)12(8-9)15-2/h5,7-8,14H,3-4,6H2,1-2H3. The number of benzene rings is 1. The molecule has 0 saturated carbocycles. The number of ketones is 1. The zero-order valence-corrected chi connectivity index (χ0v) is 9.12. The Morgan fingerprint density at radius 2 is 2.20 bits per heavy atom. The van der Waals surface area contributed by atoms with Crippen LogP contribution in [0.3, 0.4) is 0 Å². The van der Waals surface area contributed by atoms with Gasteiger partial charge in [-0.2, -0.15) is 0 Å². The third-order valence-corrected chi connectivity index (χ3v) is 2.33. The fourth-order valence-corrected chi connectivity index (χ4v) is 1.34. The van der Waals surface area contributed by atoms with Crippen molar-refractivity contribution in [2.75, 3.05) is 7.11 Å². The third-order valence-electron chi connectivity index (χ3n) is 2.33. The quantitative estimate of drug-likeness (QED) is 0.807. The molecular formula is C12H16O3. The van der Waals surface area contributed by atoms with E-state index in [1.165, 1.54) is 7.11 Å². The van der Waals surface area contributed by atoms with Crippen LogP contribution >= 0.6 is 0 Å². The molecule has 0 aliphatic carbocycles. The largest absolute Gasteiger partial charge is 0.504 e. The van der Waals surface area contributed by atoms with E-state index in [0.717, 1.165) is 5.56 Å². The van der Waals surface area contributed by atoms with Gasteiger partial charge in [0.15, 0.2) is 11.5 Å². The van der Waals surface area contributed by atoms with Gasteiger partial charge in [-0.1, -0.05) is 13.0 Å². The molecule has 82 valence electrons. The number of phenols is 1. The Bertz CT molecular complexity index is 345. The second kappa shape index (κ2) is 5.39. The van der Waals surface area contributed by atoms with Crippen molar-refractivity contribution in [1.29, 1.82) is 0 Å². The highest BCUT2D eigenvalue weighted by atomic mass is 16.5. The lowest BCUT2D eigenvalue weighted by Crippen LogP contribution is -1.98. The molecular weight excluding hydrogens is 192 g/mol. The molecule has 0 heterocycles. The molecule has 15 heavy (non-hydrogen) atoms. The molecule has 1 N–H and O–H groups in total. The van der Waals surface area contributed by atoms with Crippen LogP contribution < -0.4 is 4.74 Å². The number of methoxy groups -OCH3 is 1. The molecule has 0 aliphatic rings. The Labute approximate surface area is 89.7 Å². The van der Waals surface area contributed by atoms with E-state index in [0.29, 0.717) is 25.0 Å². The molecule has 0 atom stereocenters. The molecule has 3 heteroatoms. The van der Waals surface area contributed by atoms with Crippen LogP contribution in [0.4, 0.5) is 0 Å². The molecule has 3 nitrogen and oxygen atoms in total. The number of rotatable bonds is 5. The van der Waals surface area contributed by atoms with Crippen molar-refractivity contribution in [2.45, 2.75) is 26.2 Å². The number of carbonyl (C=O) groups excluding carboxylic acids is 1. The Kier molecular flexibility index (Phi) is 4.16. The lowest BCUT2D eigenvalue weighted by Gasteiger charge is -2.05. The van der Waals surface area contributed by atoms with E-state index in [4.69, 9.17) is 4.74 Å². The maximum Gasteiger partial charge on any atom is 0.160 e. The van der Waals surface area contributed by atoms with E-state index in [1.54, 1.807) is 18.2 Å². The molecule has 0 aliphatic heterocycles. The van der Waals surface area contributed by atoms with Crippen molar-refractivity contribution in [3.63, 3.8) is 0 Å². The second-order valence-corrected chi connectivity index (χ2v) is 3.40. The van der Waals surface area contributed by atoms with Gasteiger partial charge >= 0.3 is 0 Å². The SMILES string of the molecule is CCC(=O)CCc1ccc(O)c(OC)c1. The van der Waals surface area contributed by atoms with Gasteiger partial charge in [-0.3, -0.25) is 4.79 Å². The van der Waals surface area contributed by atoms with E-state index >= 15 is 0 Å². The Balaban J connectivity index is 2.66. The van der Waals surface area contributed by atoms with Crippen molar-refractivity contribution in [3.8, 4) is 11.5 Å². The molecule has 0 fully saturated rings. The predicted molar refractivity (Wildman–Crippen MR) is 58.3 cm³/mol. The van der Waals surface area contributed by atoms with Crippen LogP contribution in [0.1, 0.15) is 25.3 Å². The molecule has 0 saturated heterocycles. The van der Waals surface area contributed by atoms with E-state index < -0.39 is 0 Å². The molecule has 0 aromatic heterocycles. The Morgan fingerprint density at radius 1 is 1.47 bits per heavy atom. The van der Waals surface area contributed by atoms with E-state index in [9.17, 15) is 9.90 Å². The normalized spacial score (nSPS) is 10.0. The molecule has 0 unspecified atom stereocenters. The van der Waals surface area contributed by atoms with Gasteiger partial charge in [0.25, 0.3) is 0 Å². The predicted octanol–water partition coefficient (Wildman–Crippen LogP) is 2.31. The minimum atomic E-state index is 0.128. The number of Topliss-reactive ketones (excluding diaryl/α,β-unsaturated/α-hetero) is 1. The summed E-state index contributed by atoms with van der Waals surface area (Å²) in [6.07, 6.45) is 1.82. The highest BCUT2D eigenvalue weighted by Gasteiger charge is 2.04. The average molecular weight is 208 g/mol. The first kappa shape index (κ1) is 11.6. The van der Waals surface area contributed by atoms with Gasteiger partial charge < -0.3 is 9.84 Å². The number of aromatic hydroxyl groups is 1. The summed E-state index contributed by atoms with van der Waals surface area (Å²) in [4.78, 5) is 11.1. The number of carbonyl (C=O) groups is 1. The maximum absolute atomic E-state index is 11.1. The van der Waals surface area contributed by atoms with Crippen LogP contribution in [0.25, 0.3) is 0 Å². The summed E-state index contributed by atoms with van der Waals surface area (Å²) in [5.74, 6) is 0.835. The zero-order chi connectivity index (χ0) is 11.3. The number of phenolic OH excluding ortho intramolecular Hbond substituents is 1. The summed E-state index contributed by atoms with van der Waals surface area (Å²) in [7, 11) is 1.51. The van der Waals surface area contributed by atoms with Crippen molar-refractivity contribution < 1.29 is 14.6 Å². The zero-order valence-electron chi connectivity index (χ0n) is 9.12. The topological polar surface area (TPSA) is 46.5 Å². The molecule has 0 amide bonds. The summed E-state index contributed by atoms with van der Waals surface area (Å²) < 4.78 is 4.98.